The summed E-state index contributed by atoms with van der Waals surface area (Å²) in [6, 6.07) is 134. The average molecular weight is 1750 g/mol. The van der Waals surface area contributed by atoms with Gasteiger partial charge in [0.25, 0.3) is 0 Å². The van der Waals surface area contributed by atoms with Gasteiger partial charge in [0.1, 0.15) is 0 Å². The van der Waals surface area contributed by atoms with Crippen LogP contribution < -0.4 is 0 Å². The molecule has 0 fully saturated rings. The molecule has 4 aliphatic rings. The van der Waals surface area contributed by atoms with E-state index in [0.29, 0.717) is 0 Å². The topological polar surface area (TPSA) is 0 Å². The fourth-order valence-electron chi connectivity index (χ4n) is 15.6. The molecule has 0 atom stereocenters. The van der Waals surface area contributed by atoms with Gasteiger partial charge >= 0.3 is 0 Å². The van der Waals surface area contributed by atoms with Crippen molar-refractivity contribution >= 4 is 6.08 Å². The van der Waals surface area contributed by atoms with Gasteiger partial charge in [0.05, 0.1) is 16.2 Å². The van der Waals surface area contributed by atoms with Crippen molar-refractivity contribution in [3.63, 3.8) is 0 Å². The maximum atomic E-state index is 5.99. The third-order valence-electron chi connectivity index (χ3n) is 18.9. The number of hydrogen-bond donors (Lipinski definition) is 0. The van der Waals surface area contributed by atoms with Crippen LogP contribution in [0.2, 0.25) is 0 Å². The number of fused-ring (bicyclic) bond motifs is 16. The fourth-order valence-corrected chi connectivity index (χ4v) is 15.6. The van der Waals surface area contributed by atoms with E-state index in [0.717, 1.165) is 27.8 Å². The van der Waals surface area contributed by atoms with E-state index in [1.807, 2.05) is 197 Å². The molecule has 0 aliphatic heterocycles. The molecule has 18 rings (SSSR count). The Morgan fingerprint density at radius 1 is 0.198 bits per heavy atom. The molecule has 3 heteroatoms. The van der Waals surface area contributed by atoms with Gasteiger partial charge in [-0.25, -0.2) is 28.3 Å². The molecular weight excluding hydrogens is 1620 g/mol. The molecule has 0 saturated carbocycles. The van der Waals surface area contributed by atoms with Crippen LogP contribution in [0.5, 0.6) is 0 Å². The van der Waals surface area contributed by atoms with Crippen molar-refractivity contribution in [2.45, 2.75) is 182 Å². The third-order valence-corrected chi connectivity index (χ3v) is 18.9. The van der Waals surface area contributed by atoms with Crippen LogP contribution in [0.4, 0.5) is 0 Å². The summed E-state index contributed by atoms with van der Waals surface area (Å²) in [5.74, 6) is 0. The monoisotopic (exact) mass is 1750 g/mol. The standard InChI is InChI=1S/C31H18.C31H20.C27H18.12C2H6.3Y/c1-2-11-21(12-3-1)22-16-10-20-29-30(22)25-15-6-9-19-28(25)31(29)26-17-7-4-13-23(26)24-14-5-8-18-27(24)31;1-4-13-23(14-5-1)26-20-12-22-29-30(26)27-19-10-11-21-28(27)31(29,24-15-6-2-7-16-24)25-17-8-3-9-18-25;1-2-20-12-11-19-25-26(20)23-17-9-10-18-24(23)27(25,21-13-5-3-6-14-21)22-15-7-4-8-16-22;12*1-2;;;/h1-11,13-15,17-20H;1-13,15-19,21-22H;1-11,13-19H;12*1-2H3;;;/q3*-2;;;;;;;;;;;;;;;. The third kappa shape index (κ3) is 21.2. The van der Waals surface area contributed by atoms with E-state index in [-0.39, 0.29) is 114 Å². The van der Waals surface area contributed by atoms with Gasteiger partial charge in [0, 0.05) is 98.1 Å². The van der Waals surface area contributed by atoms with E-state index < -0.39 is 0 Å². The summed E-state index contributed by atoms with van der Waals surface area (Å²) in [6.07, 6.45) is 1.67. The Bertz CT molecular complexity index is 4710. The Morgan fingerprint density at radius 3 is 0.707 bits per heavy atom. The summed E-state index contributed by atoms with van der Waals surface area (Å²) in [5.41, 5.74) is 30.2. The first-order valence-corrected chi connectivity index (χ1v) is 42.5. The number of rotatable bonds is 7. The van der Waals surface area contributed by atoms with Crippen molar-refractivity contribution in [1.82, 2.24) is 0 Å². The minimum atomic E-state index is -0.368. The van der Waals surface area contributed by atoms with Crippen LogP contribution in [0.25, 0.3) is 72.8 Å². The average Bonchev–Trinajstić information content (AvgIpc) is 1.52. The van der Waals surface area contributed by atoms with Crippen LogP contribution in [-0.2, 0) is 114 Å². The zero-order valence-electron chi connectivity index (χ0n) is 74.6. The molecule has 4 aliphatic carbocycles. The SMILES string of the molecule is CC.CC.CC.CC.CC.CC.CC.CC.CC.CC.CC.CC.[CH-]=Cc1[c-]ccc2c1-c1ccccc1C2(c1ccccc1)c1ccccc1.[Y].[Y].[Y].[c-]1ccccc1-c1[c-]ccc2c1-c1ccccc1C2(c1ccccc1)c1ccccc1.[c-]1ccccc1-c1[c-]ccc2c1-c1ccccc1C21c2ccccc2-c2ccccc21. The molecule has 3 radical (unpaired) electrons. The molecule has 0 aromatic heterocycles. The Hall–Kier alpha value is -7.87. The largest absolute Gasteiger partial charge is 0.344 e. The molecule has 595 valence electrons. The van der Waals surface area contributed by atoms with E-state index >= 15 is 0 Å². The molecular formula is C113H128Y3-6. The van der Waals surface area contributed by atoms with Gasteiger partial charge in [-0.05, 0) is 61.2 Å². The molecule has 0 N–H and O–H groups in total. The van der Waals surface area contributed by atoms with Gasteiger partial charge < -0.3 is 12.7 Å². The summed E-state index contributed by atoms with van der Waals surface area (Å²) in [4.78, 5) is 0. The predicted octanol–water partition coefficient (Wildman–Crippen LogP) is 33.2. The molecule has 0 heterocycles. The zero-order chi connectivity index (χ0) is 83.4. The summed E-state index contributed by atoms with van der Waals surface area (Å²) in [7, 11) is 0. The molecule has 1 spiro atoms. The fraction of sp³-hybridized carbons (Fsp3) is 0.239. The summed E-state index contributed by atoms with van der Waals surface area (Å²) in [6.45, 7) is 54.0. The molecule has 0 nitrogen and oxygen atoms in total. The van der Waals surface area contributed by atoms with Gasteiger partial charge in [-0.2, -0.15) is 84.4 Å². The van der Waals surface area contributed by atoms with E-state index in [1.54, 1.807) is 6.08 Å². The second-order valence-corrected chi connectivity index (χ2v) is 23.1. The molecule has 14 aromatic carbocycles. The number of hydrogen-bond acceptors (Lipinski definition) is 0. The number of benzene rings is 14. The minimum Gasteiger partial charge on any atom is -0.344 e. The van der Waals surface area contributed by atoms with Gasteiger partial charge in [-0.15, -0.1) is 58.1 Å². The second kappa shape index (κ2) is 57.3. The van der Waals surface area contributed by atoms with Crippen LogP contribution in [-0.4, -0.2) is 0 Å². The van der Waals surface area contributed by atoms with E-state index in [4.69, 9.17) is 6.58 Å². The molecule has 116 heavy (non-hydrogen) atoms. The Labute approximate surface area is 781 Å². The van der Waals surface area contributed by atoms with Crippen molar-refractivity contribution in [1.29, 1.82) is 0 Å². The van der Waals surface area contributed by atoms with Crippen molar-refractivity contribution in [2.24, 2.45) is 0 Å². The first-order valence-electron chi connectivity index (χ1n) is 42.5. The normalized spacial score (nSPS) is 11.1. The first kappa shape index (κ1) is 106. The Balaban J connectivity index is 0.000000761. The summed E-state index contributed by atoms with van der Waals surface area (Å²) < 4.78 is 0. The maximum Gasteiger partial charge on any atom is 0.0542 e. The molecule has 0 amide bonds. The van der Waals surface area contributed by atoms with Crippen LogP contribution in [0.15, 0.2) is 328 Å². The van der Waals surface area contributed by atoms with Crippen molar-refractivity contribution in [3.8, 4) is 66.8 Å². The zero-order valence-corrected chi connectivity index (χ0v) is 83.1. The Kier molecular flexibility index (Phi) is 52.4. The van der Waals surface area contributed by atoms with Crippen LogP contribution in [0.3, 0.4) is 0 Å². The van der Waals surface area contributed by atoms with Gasteiger partial charge in [-0.1, -0.05) is 426 Å². The van der Waals surface area contributed by atoms with Crippen LogP contribution >= 0.6 is 0 Å². The van der Waals surface area contributed by atoms with Crippen LogP contribution in [0.1, 0.15) is 238 Å². The van der Waals surface area contributed by atoms with Crippen LogP contribution in [0, 0.1) is 36.9 Å². The second-order valence-electron chi connectivity index (χ2n) is 23.1. The molecule has 0 unspecified atom stereocenters. The quantitative estimate of drug-likeness (QED) is 0.140. The summed E-state index contributed by atoms with van der Waals surface area (Å²) >= 11 is 0. The van der Waals surface area contributed by atoms with Gasteiger partial charge in [-0.3, -0.25) is 5.56 Å². The maximum absolute atomic E-state index is 5.99. The van der Waals surface area contributed by atoms with E-state index in [2.05, 4.69) is 328 Å². The van der Waals surface area contributed by atoms with Crippen molar-refractivity contribution in [2.75, 3.05) is 0 Å². The smallest absolute Gasteiger partial charge is 0.0542 e. The van der Waals surface area contributed by atoms with E-state index in [1.165, 1.54) is 111 Å². The molecule has 14 aromatic rings. The van der Waals surface area contributed by atoms with Crippen molar-refractivity contribution < 1.29 is 98.1 Å². The Morgan fingerprint density at radius 2 is 0.422 bits per heavy atom. The van der Waals surface area contributed by atoms with Crippen molar-refractivity contribution in [3.05, 3.63) is 437 Å². The molecule has 0 bridgehead atoms. The minimum absolute atomic E-state index is 0. The van der Waals surface area contributed by atoms with E-state index in [9.17, 15) is 0 Å². The summed E-state index contributed by atoms with van der Waals surface area (Å²) in [5, 5.41) is 0. The molecule has 0 saturated heterocycles. The first-order chi connectivity index (χ1) is 56.2. The van der Waals surface area contributed by atoms with Gasteiger partial charge in [0.15, 0.2) is 0 Å². The predicted molar refractivity (Wildman–Crippen MR) is 500 cm³/mol. The van der Waals surface area contributed by atoms with Gasteiger partial charge in [0.2, 0.25) is 0 Å².